The minimum atomic E-state index is -0.134. The highest BCUT2D eigenvalue weighted by Crippen LogP contribution is 2.25. The number of carbonyl (C=O) groups is 1. The predicted octanol–water partition coefficient (Wildman–Crippen LogP) is 3.93. The van der Waals surface area contributed by atoms with Crippen molar-refractivity contribution in [3.05, 3.63) is 54.1 Å². The normalized spacial score (nSPS) is 11.6. The van der Waals surface area contributed by atoms with Gasteiger partial charge in [0, 0.05) is 11.4 Å². The molecule has 134 valence electrons. The monoisotopic (exact) mass is 359 g/mol. The van der Waals surface area contributed by atoms with Gasteiger partial charge >= 0.3 is 0 Å². The van der Waals surface area contributed by atoms with Gasteiger partial charge in [-0.3, -0.25) is 4.79 Å². The number of rotatable bonds is 9. The fraction of sp³-hybridized carbons (Fsp3) is 0.350. The van der Waals surface area contributed by atoms with E-state index in [0.717, 1.165) is 29.2 Å². The molecule has 0 saturated heterocycles. The number of ether oxygens (including phenoxy) is 2. The van der Waals surface area contributed by atoms with Crippen LogP contribution in [0.2, 0.25) is 0 Å². The van der Waals surface area contributed by atoms with Gasteiger partial charge in [-0.2, -0.15) is 0 Å². The van der Waals surface area contributed by atoms with E-state index in [1.807, 2.05) is 49.4 Å². The van der Waals surface area contributed by atoms with E-state index in [2.05, 4.69) is 11.4 Å². The van der Waals surface area contributed by atoms with Gasteiger partial charge in [0.25, 0.3) is 0 Å². The van der Waals surface area contributed by atoms with E-state index in [0.29, 0.717) is 6.54 Å². The lowest BCUT2D eigenvalue weighted by Crippen LogP contribution is -2.31. The summed E-state index contributed by atoms with van der Waals surface area (Å²) < 4.78 is 10.4. The highest BCUT2D eigenvalue weighted by Gasteiger charge is 2.13. The third-order valence-electron chi connectivity index (χ3n) is 3.82. The molecule has 0 aliphatic rings. The molecule has 0 fully saturated rings. The molecule has 2 aromatic rings. The number of aryl methyl sites for hydroxylation is 1. The lowest BCUT2D eigenvalue weighted by molar-refractivity contribution is -0.120. The van der Waals surface area contributed by atoms with E-state index < -0.39 is 0 Å². The summed E-state index contributed by atoms with van der Waals surface area (Å²) in [6, 6.07) is 15.8. The summed E-state index contributed by atoms with van der Waals surface area (Å²) >= 11 is 1.55. The molecule has 1 N–H and O–H groups in total. The van der Waals surface area contributed by atoms with Crippen molar-refractivity contribution in [2.45, 2.75) is 29.9 Å². The minimum Gasteiger partial charge on any atom is -0.497 e. The first kappa shape index (κ1) is 19.2. The van der Waals surface area contributed by atoms with Gasteiger partial charge < -0.3 is 14.8 Å². The van der Waals surface area contributed by atoms with Gasteiger partial charge in [0.05, 0.1) is 19.5 Å². The molecule has 2 rings (SSSR count). The summed E-state index contributed by atoms with van der Waals surface area (Å²) in [5.74, 6) is 1.75. The fourth-order valence-electron chi connectivity index (χ4n) is 2.39. The summed E-state index contributed by atoms with van der Waals surface area (Å²) in [5, 5.41) is 2.87. The van der Waals surface area contributed by atoms with Crippen LogP contribution in [0.4, 0.5) is 0 Å². The number of nitrogens with one attached hydrogen (secondary N) is 1. The number of carbonyl (C=O) groups excluding carboxylic acids is 1. The summed E-state index contributed by atoms with van der Waals surface area (Å²) in [6.45, 7) is 2.59. The Morgan fingerprint density at radius 2 is 1.80 bits per heavy atom. The number of amides is 1. The molecule has 0 radical (unpaired) electrons. The average Bonchev–Trinajstić information content (AvgIpc) is 2.65. The fourth-order valence-corrected chi connectivity index (χ4v) is 3.28. The van der Waals surface area contributed by atoms with Crippen LogP contribution in [0.3, 0.4) is 0 Å². The lowest BCUT2D eigenvalue weighted by atomic mass is 10.1. The molecule has 0 aromatic heterocycles. The van der Waals surface area contributed by atoms with Crippen LogP contribution >= 0.6 is 11.8 Å². The van der Waals surface area contributed by atoms with Crippen molar-refractivity contribution in [3.63, 3.8) is 0 Å². The topological polar surface area (TPSA) is 47.6 Å². The first-order valence-electron chi connectivity index (χ1n) is 8.33. The molecule has 1 atom stereocenters. The Labute approximate surface area is 153 Å². The number of thioether (sulfide) groups is 1. The second kappa shape index (κ2) is 9.99. The zero-order valence-electron chi connectivity index (χ0n) is 15.0. The maximum Gasteiger partial charge on any atom is 0.233 e. The zero-order valence-corrected chi connectivity index (χ0v) is 15.8. The van der Waals surface area contributed by atoms with Gasteiger partial charge in [0.2, 0.25) is 5.91 Å². The van der Waals surface area contributed by atoms with Crippen molar-refractivity contribution in [2.24, 2.45) is 0 Å². The van der Waals surface area contributed by atoms with Gasteiger partial charge in [-0.25, -0.2) is 0 Å². The van der Waals surface area contributed by atoms with Crippen molar-refractivity contribution >= 4 is 17.7 Å². The molecular formula is C20H25NO3S. The van der Waals surface area contributed by atoms with Crippen LogP contribution in [0.15, 0.2) is 53.4 Å². The molecule has 2 aromatic carbocycles. The SMILES string of the molecule is COc1ccc(S[C@@H](C)C(=O)NCCCc2cccc(OC)c2)cc1. The number of methoxy groups -OCH3 is 2. The molecule has 0 spiro atoms. The Hall–Kier alpha value is -2.14. The standard InChI is InChI=1S/C20H25NO3S/c1-15(25-19-11-9-17(23-2)10-12-19)20(22)21-13-5-7-16-6-4-8-18(14-16)24-3/h4,6,8-12,14-15H,5,7,13H2,1-3H3,(H,21,22)/t15-/m0/s1. The first-order valence-corrected chi connectivity index (χ1v) is 9.21. The Bertz CT molecular complexity index is 673. The van der Waals surface area contributed by atoms with Crippen LogP contribution in [-0.4, -0.2) is 31.9 Å². The Balaban J connectivity index is 1.71. The molecule has 5 heteroatoms. The van der Waals surface area contributed by atoms with Crippen LogP contribution < -0.4 is 14.8 Å². The number of benzene rings is 2. The van der Waals surface area contributed by atoms with E-state index in [-0.39, 0.29) is 11.2 Å². The minimum absolute atomic E-state index is 0.0615. The van der Waals surface area contributed by atoms with Crippen molar-refractivity contribution in [3.8, 4) is 11.5 Å². The lowest BCUT2D eigenvalue weighted by Gasteiger charge is -2.12. The van der Waals surface area contributed by atoms with Crippen LogP contribution in [0, 0.1) is 0 Å². The maximum absolute atomic E-state index is 12.2. The molecule has 0 unspecified atom stereocenters. The van der Waals surface area contributed by atoms with E-state index in [1.165, 1.54) is 5.56 Å². The van der Waals surface area contributed by atoms with Crippen molar-refractivity contribution in [1.82, 2.24) is 5.32 Å². The van der Waals surface area contributed by atoms with E-state index in [1.54, 1.807) is 26.0 Å². The molecule has 0 bridgehead atoms. The number of hydrogen-bond acceptors (Lipinski definition) is 4. The van der Waals surface area contributed by atoms with Gasteiger partial charge in [0.1, 0.15) is 11.5 Å². The molecule has 4 nitrogen and oxygen atoms in total. The largest absolute Gasteiger partial charge is 0.497 e. The van der Waals surface area contributed by atoms with Gasteiger partial charge in [0.15, 0.2) is 0 Å². The summed E-state index contributed by atoms with van der Waals surface area (Å²) in [7, 11) is 3.31. The van der Waals surface area contributed by atoms with Crippen LogP contribution in [0.25, 0.3) is 0 Å². The Morgan fingerprint density at radius 3 is 2.48 bits per heavy atom. The van der Waals surface area contributed by atoms with E-state index in [4.69, 9.17) is 9.47 Å². The van der Waals surface area contributed by atoms with Crippen LogP contribution in [0.1, 0.15) is 18.9 Å². The van der Waals surface area contributed by atoms with E-state index >= 15 is 0 Å². The first-order chi connectivity index (χ1) is 12.1. The van der Waals surface area contributed by atoms with E-state index in [9.17, 15) is 4.79 Å². The molecular weight excluding hydrogens is 334 g/mol. The molecule has 1 amide bonds. The maximum atomic E-state index is 12.2. The van der Waals surface area contributed by atoms with Gasteiger partial charge in [-0.05, 0) is 61.7 Å². The average molecular weight is 359 g/mol. The summed E-state index contributed by atoms with van der Waals surface area (Å²) in [6.07, 6.45) is 1.82. The van der Waals surface area contributed by atoms with Crippen LogP contribution in [0.5, 0.6) is 11.5 Å². The highest BCUT2D eigenvalue weighted by molar-refractivity contribution is 8.00. The number of hydrogen-bond donors (Lipinski definition) is 1. The Kier molecular flexibility index (Phi) is 7.67. The predicted molar refractivity (Wildman–Crippen MR) is 103 cm³/mol. The van der Waals surface area contributed by atoms with Crippen LogP contribution in [-0.2, 0) is 11.2 Å². The summed E-state index contributed by atoms with van der Waals surface area (Å²) in [5.41, 5.74) is 1.22. The second-order valence-corrected chi connectivity index (χ2v) is 7.10. The Morgan fingerprint density at radius 1 is 1.08 bits per heavy atom. The highest BCUT2D eigenvalue weighted by atomic mass is 32.2. The van der Waals surface area contributed by atoms with Crippen molar-refractivity contribution in [1.29, 1.82) is 0 Å². The van der Waals surface area contributed by atoms with Gasteiger partial charge in [-0.1, -0.05) is 12.1 Å². The molecule has 0 saturated carbocycles. The van der Waals surface area contributed by atoms with Crippen molar-refractivity contribution < 1.29 is 14.3 Å². The zero-order chi connectivity index (χ0) is 18.1. The second-order valence-electron chi connectivity index (χ2n) is 5.68. The van der Waals surface area contributed by atoms with Crippen molar-refractivity contribution in [2.75, 3.05) is 20.8 Å². The molecule has 25 heavy (non-hydrogen) atoms. The third kappa shape index (κ3) is 6.35. The third-order valence-corrected chi connectivity index (χ3v) is 4.93. The molecule has 0 aliphatic carbocycles. The summed E-state index contributed by atoms with van der Waals surface area (Å²) in [4.78, 5) is 13.3. The smallest absolute Gasteiger partial charge is 0.233 e. The molecule has 0 heterocycles. The van der Waals surface area contributed by atoms with Gasteiger partial charge in [-0.15, -0.1) is 11.8 Å². The molecule has 0 aliphatic heterocycles. The quantitative estimate of drug-likeness (QED) is 0.544.